The Labute approximate surface area is 369 Å². The van der Waals surface area contributed by atoms with Crippen LogP contribution in [-0.4, -0.2) is 91.3 Å². The first-order valence-corrected chi connectivity index (χ1v) is 21.9. The maximum Gasteiger partial charge on any atom is 0.335 e. The van der Waals surface area contributed by atoms with Crippen LogP contribution in [0, 0.1) is 0 Å². The van der Waals surface area contributed by atoms with Crippen LogP contribution in [0.25, 0.3) is 21.9 Å². The maximum atomic E-state index is 13.4. The van der Waals surface area contributed by atoms with E-state index in [1.807, 2.05) is 114 Å². The Bertz CT molecular complexity index is 2360. The lowest BCUT2D eigenvalue weighted by Crippen LogP contribution is -2.15. The van der Waals surface area contributed by atoms with Crippen LogP contribution in [0.3, 0.4) is 0 Å². The number of unbranched alkanes of at least 4 members (excludes halogenated alkanes) is 2. The SMILES string of the molecule is CCCCc1oc2ccc(N)cc2c1C(=O)c1ccc(OCCCN(C)C)cc1.CCCCc1oc2ccc(NC)cc2c1C(=O)c1ccc(OCCCN(C)C)cc1.O=S=O. The summed E-state index contributed by atoms with van der Waals surface area (Å²) < 4.78 is 40.2. The van der Waals surface area contributed by atoms with E-state index in [9.17, 15) is 9.59 Å². The Morgan fingerprint density at radius 3 is 1.45 bits per heavy atom. The molecule has 12 nitrogen and oxygen atoms in total. The predicted octanol–water partition coefficient (Wildman–Crippen LogP) is 9.63. The molecule has 3 N–H and O–H groups in total. The number of nitrogen functional groups attached to an aromatic ring is 1. The van der Waals surface area contributed by atoms with E-state index in [-0.39, 0.29) is 11.6 Å². The zero-order chi connectivity index (χ0) is 45.0. The number of benzene rings is 4. The summed E-state index contributed by atoms with van der Waals surface area (Å²) in [5.41, 5.74) is 11.6. The van der Waals surface area contributed by atoms with Gasteiger partial charge in [0.25, 0.3) is 0 Å². The van der Waals surface area contributed by atoms with Crippen LogP contribution >= 0.6 is 0 Å². The molecule has 2 heterocycles. The Morgan fingerprint density at radius 2 is 1.05 bits per heavy atom. The summed E-state index contributed by atoms with van der Waals surface area (Å²) in [7, 11) is 10.1. The topological polar surface area (TPSA) is 158 Å². The van der Waals surface area contributed by atoms with Gasteiger partial charge in [0, 0.05) is 66.3 Å². The van der Waals surface area contributed by atoms with Crippen molar-refractivity contribution in [3.05, 3.63) is 119 Å². The first-order valence-electron chi connectivity index (χ1n) is 21.2. The molecule has 0 unspecified atom stereocenters. The van der Waals surface area contributed by atoms with E-state index in [4.69, 9.17) is 32.5 Å². The highest BCUT2D eigenvalue weighted by molar-refractivity contribution is 7.51. The molecule has 2 aromatic heterocycles. The number of nitrogens with zero attached hydrogens (tertiary/aromatic N) is 2. The lowest BCUT2D eigenvalue weighted by molar-refractivity contribution is 0.103. The zero-order valence-corrected chi connectivity index (χ0v) is 38.0. The Balaban J connectivity index is 0.000000257. The first kappa shape index (κ1) is 48.9. The molecule has 0 saturated carbocycles. The highest BCUT2D eigenvalue weighted by Crippen LogP contribution is 2.33. The number of hydrogen-bond acceptors (Lipinski definition) is 12. The van der Waals surface area contributed by atoms with Gasteiger partial charge in [0.2, 0.25) is 0 Å². The van der Waals surface area contributed by atoms with Gasteiger partial charge in [0.1, 0.15) is 34.2 Å². The van der Waals surface area contributed by atoms with E-state index in [1.54, 1.807) is 6.07 Å². The average molecular weight is 867 g/mol. The summed E-state index contributed by atoms with van der Waals surface area (Å²) in [6.07, 6.45) is 7.45. The molecule has 0 saturated heterocycles. The van der Waals surface area contributed by atoms with Crippen LogP contribution in [-0.2, 0) is 24.4 Å². The quantitative estimate of drug-likeness (QED) is 0.0402. The fraction of sp³-hybridized carbons (Fsp3) is 0.388. The third kappa shape index (κ3) is 14.1. The fourth-order valence-electron chi connectivity index (χ4n) is 6.83. The van der Waals surface area contributed by atoms with Crippen LogP contribution in [0.4, 0.5) is 11.4 Å². The molecule has 0 aliphatic carbocycles. The van der Waals surface area contributed by atoms with E-state index >= 15 is 0 Å². The highest BCUT2D eigenvalue weighted by Gasteiger charge is 2.23. The highest BCUT2D eigenvalue weighted by atomic mass is 32.1. The number of aryl methyl sites for hydroxylation is 2. The van der Waals surface area contributed by atoms with Gasteiger partial charge in [-0.2, -0.15) is 8.42 Å². The minimum absolute atomic E-state index is 0.00716. The molecule has 0 bridgehead atoms. The molecule has 4 aromatic carbocycles. The molecule has 0 aliphatic rings. The standard InChI is InChI=1S/C25H32N2O3.C24H30N2O3.O2S/c1-5-6-8-23-24(21-17-19(26-2)11-14-22(21)30-23)25(28)18-9-12-20(13-10-18)29-16-7-15-27(3)4;1-4-5-7-22-23(20-16-18(25)10-13-21(20)29-22)24(27)17-8-11-19(12-9-17)28-15-6-14-26(2)3;1-3-2/h9-14,17,26H,5-8,15-16H2,1-4H3;8-13,16H,4-7,14-15,25H2,1-3H3;. The minimum Gasteiger partial charge on any atom is -0.494 e. The molecule has 0 aliphatic heterocycles. The van der Waals surface area contributed by atoms with Crippen molar-refractivity contribution >= 4 is 56.5 Å². The summed E-state index contributed by atoms with van der Waals surface area (Å²) in [5, 5.41) is 4.79. The van der Waals surface area contributed by atoms with Crippen LogP contribution in [0.5, 0.6) is 11.5 Å². The molecule has 6 aromatic rings. The van der Waals surface area contributed by atoms with Crippen LogP contribution in [0.1, 0.15) is 95.7 Å². The van der Waals surface area contributed by atoms with Gasteiger partial charge in [-0.15, -0.1) is 0 Å². The molecule has 13 heteroatoms. The van der Waals surface area contributed by atoms with E-state index in [1.165, 1.54) is 0 Å². The predicted molar refractivity (Wildman–Crippen MR) is 250 cm³/mol. The summed E-state index contributed by atoms with van der Waals surface area (Å²) in [4.78, 5) is 31.0. The second-order valence-electron chi connectivity index (χ2n) is 15.5. The van der Waals surface area contributed by atoms with Crippen molar-refractivity contribution in [2.45, 2.75) is 65.2 Å². The van der Waals surface area contributed by atoms with Gasteiger partial charge >= 0.3 is 11.6 Å². The number of nitrogens with one attached hydrogen (secondary N) is 1. The Hall–Kier alpha value is -5.76. The van der Waals surface area contributed by atoms with Crippen molar-refractivity contribution in [3.8, 4) is 11.5 Å². The third-order valence-electron chi connectivity index (χ3n) is 10.1. The lowest BCUT2D eigenvalue weighted by atomic mass is 9.98. The molecule has 0 fully saturated rings. The first-order chi connectivity index (χ1) is 29.9. The number of ether oxygens (including phenoxy) is 2. The van der Waals surface area contributed by atoms with Gasteiger partial charge in [0.05, 0.1) is 24.3 Å². The van der Waals surface area contributed by atoms with Gasteiger partial charge in [0.15, 0.2) is 11.6 Å². The smallest absolute Gasteiger partial charge is 0.335 e. The van der Waals surface area contributed by atoms with Crippen molar-refractivity contribution in [1.29, 1.82) is 0 Å². The van der Waals surface area contributed by atoms with Crippen molar-refractivity contribution < 1.29 is 36.3 Å². The Kier molecular flexibility index (Phi) is 19.9. The molecule has 0 atom stereocenters. The molecular formula is C49H62N4O8S. The number of anilines is 2. The molecule has 332 valence electrons. The molecular weight excluding hydrogens is 805 g/mol. The summed E-state index contributed by atoms with van der Waals surface area (Å²) >= 11 is -0.750. The second kappa shape index (κ2) is 25.2. The molecule has 0 amide bonds. The lowest BCUT2D eigenvalue weighted by Gasteiger charge is -2.10. The van der Waals surface area contributed by atoms with E-state index in [2.05, 4.69) is 29.0 Å². The van der Waals surface area contributed by atoms with Crippen LogP contribution in [0.15, 0.2) is 93.8 Å². The summed E-state index contributed by atoms with van der Waals surface area (Å²) in [5.74, 6) is 3.02. The number of rotatable bonds is 21. The van der Waals surface area contributed by atoms with Crippen LogP contribution < -0.4 is 20.5 Å². The number of fused-ring (bicyclic) bond motifs is 2. The number of furan rings is 2. The average Bonchev–Trinajstić information content (AvgIpc) is 3.82. The van der Waals surface area contributed by atoms with E-state index in [0.29, 0.717) is 46.7 Å². The molecule has 6 rings (SSSR count). The third-order valence-corrected chi connectivity index (χ3v) is 10.1. The van der Waals surface area contributed by atoms with Gasteiger partial charge in [-0.05, 0) is 139 Å². The molecule has 0 spiro atoms. The summed E-state index contributed by atoms with van der Waals surface area (Å²) in [6.45, 7) is 7.54. The van der Waals surface area contributed by atoms with E-state index in [0.717, 1.165) is 110 Å². The number of carbonyl (C=O) groups excluding carboxylic acids is 2. The number of ketones is 2. The largest absolute Gasteiger partial charge is 0.494 e. The fourth-order valence-corrected chi connectivity index (χ4v) is 6.83. The second-order valence-corrected chi connectivity index (χ2v) is 15.6. The van der Waals surface area contributed by atoms with Crippen molar-refractivity contribution in [1.82, 2.24) is 9.80 Å². The maximum absolute atomic E-state index is 13.4. The molecule has 62 heavy (non-hydrogen) atoms. The van der Waals surface area contributed by atoms with Crippen molar-refractivity contribution in [2.24, 2.45) is 0 Å². The minimum atomic E-state index is -0.750. The Morgan fingerprint density at radius 1 is 0.629 bits per heavy atom. The summed E-state index contributed by atoms with van der Waals surface area (Å²) in [6, 6.07) is 26.1. The normalized spacial score (nSPS) is 10.9. The van der Waals surface area contributed by atoms with Crippen molar-refractivity contribution in [3.63, 3.8) is 0 Å². The van der Waals surface area contributed by atoms with Gasteiger partial charge in [-0.25, -0.2) is 0 Å². The monoisotopic (exact) mass is 866 g/mol. The van der Waals surface area contributed by atoms with Crippen molar-refractivity contribution in [2.75, 3.05) is 72.6 Å². The van der Waals surface area contributed by atoms with Gasteiger partial charge < -0.3 is 39.2 Å². The van der Waals surface area contributed by atoms with Gasteiger partial charge in [-0.3, -0.25) is 9.59 Å². The van der Waals surface area contributed by atoms with Crippen LogP contribution in [0.2, 0.25) is 0 Å². The molecule has 0 radical (unpaired) electrons. The van der Waals surface area contributed by atoms with Gasteiger partial charge in [-0.1, -0.05) is 26.7 Å². The van der Waals surface area contributed by atoms with E-state index < -0.39 is 11.6 Å². The zero-order valence-electron chi connectivity index (χ0n) is 37.2. The number of hydrogen-bond donors (Lipinski definition) is 2. The number of carbonyl (C=O) groups is 2. The number of nitrogens with two attached hydrogens (primary N) is 1.